The molecule has 3 N–H and O–H groups in total. The molecule has 0 aromatic heterocycles. The molecule has 2 aromatic rings. The number of sulfonamides is 1. The number of halogens is 1. The van der Waals surface area contributed by atoms with Gasteiger partial charge in [0.1, 0.15) is 11.9 Å². The van der Waals surface area contributed by atoms with Crippen molar-refractivity contribution >= 4 is 33.2 Å². The van der Waals surface area contributed by atoms with Crippen LogP contribution in [0.2, 0.25) is 5.02 Å². The molecule has 0 saturated carbocycles. The molecule has 32 heavy (non-hydrogen) atoms. The fourth-order valence-electron chi connectivity index (χ4n) is 3.56. The zero-order valence-electron chi connectivity index (χ0n) is 18.2. The second kappa shape index (κ2) is 10.1. The Morgan fingerprint density at radius 3 is 2.56 bits per heavy atom. The van der Waals surface area contributed by atoms with Crippen LogP contribution in [0.1, 0.15) is 24.2 Å². The van der Waals surface area contributed by atoms with Crippen LogP contribution in [0.15, 0.2) is 47.4 Å². The first-order chi connectivity index (χ1) is 15.2. The topological polar surface area (TPSA) is 108 Å². The molecule has 0 unspecified atom stereocenters. The van der Waals surface area contributed by atoms with Gasteiger partial charge < -0.3 is 20.1 Å². The Bertz CT molecular complexity index is 1060. The van der Waals surface area contributed by atoms with Crippen molar-refractivity contribution in [1.29, 1.82) is 0 Å². The molecule has 1 amide bonds. The van der Waals surface area contributed by atoms with Crippen LogP contribution in [0, 0.1) is 5.92 Å². The zero-order valence-corrected chi connectivity index (χ0v) is 19.8. The van der Waals surface area contributed by atoms with Crippen LogP contribution in [0.3, 0.4) is 0 Å². The highest BCUT2D eigenvalue weighted by Gasteiger charge is 2.33. The van der Waals surface area contributed by atoms with Crippen LogP contribution >= 0.6 is 11.6 Å². The predicted molar refractivity (Wildman–Crippen MR) is 124 cm³/mol. The second-order valence-corrected chi connectivity index (χ2v) is 10.1. The minimum absolute atomic E-state index is 0.0108. The number of rotatable bonds is 7. The van der Waals surface area contributed by atoms with E-state index in [4.69, 9.17) is 16.3 Å². The molecule has 3 atom stereocenters. The minimum Gasteiger partial charge on any atom is -0.488 e. The molecular formula is C22H28ClN3O5S. The van der Waals surface area contributed by atoms with Crippen LogP contribution in [0.5, 0.6) is 5.75 Å². The Balaban J connectivity index is 1.99. The van der Waals surface area contributed by atoms with Gasteiger partial charge in [-0.25, -0.2) is 8.42 Å². The van der Waals surface area contributed by atoms with Crippen molar-refractivity contribution in [1.82, 2.24) is 10.2 Å². The van der Waals surface area contributed by atoms with Crippen molar-refractivity contribution in [3.05, 3.63) is 53.1 Å². The molecule has 1 aliphatic rings. The van der Waals surface area contributed by atoms with Gasteiger partial charge in [0.05, 0.1) is 23.1 Å². The number of hydrogen-bond acceptors (Lipinski definition) is 6. The maximum absolute atomic E-state index is 13.4. The summed E-state index contributed by atoms with van der Waals surface area (Å²) in [6, 6.07) is 10.0. The molecular weight excluding hydrogens is 454 g/mol. The highest BCUT2D eigenvalue weighted by atomic mass is 35.5. The summed E-state index contributed by atoms with van der Waals surface area (Å²) >= 11 is 5.85. The molecule has 1 aliphatic heterocycles. The maximum Gasteiger partial charge on any atom is 0.261 e. The molecule has 0 spiro atoms. The molecule has 0 aliphatic carbocycles. The summed E-state index contributed by atoms with van der Waals surface area (Å²) in [5.41, 5.74) is 0.459. The first-order valence-corrected chi connectivity index (χ1v) is 12.2. The number of carbonyl (C=O) groups excluding carboxylic acids is 1. The normalized spacial score (nSPS) is 20.0. The number of ether oxygens (including phenoxy) is 1. The summed E-state index contributed by atoms with van der Waals surface area (Å²) in [7, 11) is -2.05. The minimum atomic E-state index is -3.88. The summed E-state index contributed by atoms with van der Waals surface area (Å²) < 4.78 is 34.2. The maximum atomic E-state index is 13.4. The van der Waals surface area contributed by atoms with E-state index in [0.29, 0.717) is 23.9 Å². The molecule has 3 rings (SSSR count). The Kier molecular flexibility index (Phi) is 7.66. The van der Waals surface area contributed by atoms with Gasteiger partial charge in [0.2, 0.25) is 0 Å². The van der Waals surface area contributed by atoms with Crippen LogP contribution < -0.4 is 14.8 Å². The van der Waals surface area contributed by atoms with E-state index in [1.165, 1.54) is 30.3 Å². The molecule has 0 radical (unpaired) electrons. The fourth-order valence-corrected chi connectivity index (χ4v) is 4.73. The van der Waals surface area contributed by atoms with Gasteiger partial charge >= 0.3 is 0 Å². The molecule has 0 fully saturated rings. The van der Waals surface area contributed by atoms with Crippen LogP contribution in [0.25, 0.3) is 0 Å². The van der Waals surface area contributed by atoms with E-state index in [1.54, 1.807) is 24.0 Å². The smallest absolute Gasteiger partial charge is 0.261 e. The Labute approximate surface area is 193 Å². The number of carbonyl (C=O) groups is 1. The average Bonchev–Trinajstić information content (AvgIpc) is 2.76. The first-order valence-electron chi connectivity index (χ1n) is 10.3. The quantitative estimate of drug-likeness (QED) is 0.561. The summed E-state index contributed by atoms with van der Waals surface area (Å²) in [6.07, 6.45) is -0.211. The van der Waals surface area contributed by atoms with Gasteiger partial charge in [0, 0.05) is 29.7 Å². The number of aliphatic hydroxyl groups is 1. The van der Waals surface area contributed by atoms with Gasteiger partial charge in [0.15, 0.2) is 0 Å². The van der Waals surface area contributed by atoms with Crippen molar-refractivity contribution < 1.29 is 23.1 Å². The number of hydrogen-bond donors (Lipinski definition) is 3. The van der Waals surface area contributed by atoms with E-state index < -0.39 is 16.1 Å². The first kappa shape index (κ1) is 24.3. The monoisotopic (exact) mass is 481 g/mol. The number of nitrogens with zero attached hydrogens (tertiary/aromatic N) is 1. The van der Waals surface area contributed by atoms with E-state index >= 15 is 0 Å². The van der Waals surface area contributed by atoms with E-state index in [1.807, 2.05) is 14.0 Å². The summed E-state index contributed by atoms with van der Waals surface area (Å²) in [4.78, 5) is 15.0. The molecule has 174 valence electrons. The number of benzene rings is 2. The van der Waals surface area contributed by atoms with Crippen molar-refractivity contribution in [3.63, 3.8) is 0 Å². The van der Waals surface area contributed by atoms with Crippen molar-refractivity contribution in [3.8, 4) is 5.75 Å². The number of nitrogens with one attached hydrogen (secondary N) is 2. The number of amides is 1. The van der Waals surface area contributed by atoms with E-state index in [-0.39, 0.29) is 40.7 Å². The number of aliphatic hydroxyl groups excluding tert-OH is 1. The van der Waals surface area contributed by atoms with Crippen LogP contribution in [0.4, 0.5) is 5.69 Å². The van der Waals surface area contributed by atoms with Gasteiger partial charge in [-0.05, 0) is 56.4 Å². The third-order valence-corrected chi connectivity index (χ3v) is 7.10. The fraction of sp³-hybridized carbons (Fsp3) is 0.409. The molecule has 1 heterocycles. The van der Waals surface area contributed by atoms with Gasteiger partial charge in [-0.1, -0.05) is 18.5 Å². The highest BCUT2D eigenvalue weighted by Crippen LogP contribution is 2.31. The van der Waals surface area contributed by atoms with Gasteiger partial charge in [-0.15, -0.1) is 0 Å². The van der Waals surface area contributed by atoms with E-state index in [2.05, 4.69) is 10.0 Å². The number of likely N-dealkylation sites (N-methyl/N-ethyl adjacent to an activating group) is 1. The molecule has 2 aromatic carbocycles. The zero-order chi connectivity index (χ0) is 23.5. The Morgan fingerprint density at radius 1 is 1.25 bits per heavy atom. The van der Waals surface area contributed by atoms with E-state index in [0.717, 1.165) is 0 Å². The van der Waals surface area contributed by atoms with Crippen LogP contribution in [-0.2, 0) is 10.0 Å². The molecule has 8 nitrogen and oxygen atoms in total. The third-order valence-electron chi connectivity index (χ3n) is 5.45. The molecule has 0 saturated heterocycles. The second-order valence-electron chi connectivity index (χ2n) is 7.95. The van der Waals surface area contributed by atoms with E-state index in [9.17, 15) is 18.3 Å². The van der Waals surface area contributed by atoms with Crippen molar-refractivity contribution in [2.75, 3.05) is 31.5 Å². The third kappa shape index (κ3) is 5.35. The summed E-state index contributed by atoms with van der Waals surface area (Å²) in [5, 5.41) is 13.2. The lowest BCUT2D eigenvalue weighted by Gasteiger charge is -2.37. The average molecular weight is 482 g/mol. The van der Waals surface area contributed by atoms with Gasteiger partial charge in [-0.2, -0.15) is 0 Å². The van der Waals surface area contributed by atoms with Crippen LogP contribution in [-0.4, -0.2) is 63.2 Å². The highest BCUT2D eigenvalue weighted by molar-refractivity contribution is 7.92. The largest absolute Gasteiger partial charge is 0.488 e. The standard InChI is InChI=1S/C22H28ClN3O5S/c1-14-12-26(15(2)13-27)22(28)19-10-17(6-9-20(19)31-21(14)11-24-3)25-32(29,30)18-7-4-16(23)5-8-18/h4-10,14-15,21,24-25,27H,11-13H2,1-3H3/t14-,15+,21-/m1/s1. The summed E-state index contributed by atoms with van der Waals surface area (Å²) in [5.74, 6) is 0.0480. The van der Waals surface area contributed by atoms with Gasteiger partial charge in [0.25, 0.3) is 15.9 Å². The Hall–Kier alpha value is -2.33. The lowest BCUT2D eigenvalue weighted by molar-refractivity contribution is 0.0416. The number of anilines is 1. The van der Waals surface area contributed by atoms with Gasteiger partial charge in [-0.3, -0.25) is 9.52 Å². The molecule has 10 heteroatoms. The lowest BCUT2D eigenvalue weighted by Crippen LogP contribution is -2.49. The predicted octanol–water partition coefficient (Wildman–Crippen LogP) is 2.58. The van der Waals surface area contributed by atoms with Crippen molar-refractivity contribution in [2.24, 2.45) is 5.92 Å². The van der Waals surface area contributed by atoms with Crippen molar-refractivity contribution in [2.45, 2.75) is 30.9 Å². The summed E-state index contributed by atoms with van der Waals surface area (Å²) in [6.45, 7) is 4.54. The Morgan fingerprint density at radius 2 is 1.94 bits per heavy atom. The number of fused-ring (bicyclic) bond motifs is 1. The molecule has 0 bridgehead atoms. The SMILES string of the molecule is CNC[C@H]1Oc2ccc(NS(=O)(=O)c3ccc(Cl)cc3)cc2C(=O)N([C@@H](C)CO)C[C@H]1C. The lowest BCUT2D eigenvalue weighted by atomic mass is 9.99.